The highest BCUT2D eigenvalue weighted by molar-refractivity contribution is 9.09. The van der Waals surface area contributed by atoms with E-state index in [1.54, 1.807) is 36.4 Å². The maximum absolute atomic E-state index is 15.2. The summed E-state index contributed by atoms with van der Waals surface area (Å²) in [7, 11) is 0. The van der Waals surface area contributed by atoms with Gasteiger partial charge in [-0.05, 0) is 38.1 Å². The molecule has 0 aliphatic carbocycles. The lowest BCUT2D eigenvalue weighted by Crippen LogP contribution is -2.58. The third-order valence-corrected chi connectivity index (χ3v) is 5.62. The molecule has 0 bridgehead atoms. The molecule has 1 saturated heterocycles. The molecule has 5 atom stereocenters. The average molecular weight is 563 g/mol. The van der Waals surface area contributed by atoms with Crippen LogP contribution in [0.25, 0.3) is 0 Å². The van der Waals surface area contributed by atoms with Crippen LogP contribution in [0.5, 0.6) is 0 Å². The summed E-state index contributed by atoms with van der Waals surface area (Å²) in [5.74, 6) is -1.52. The van der Waals surface area contributed by atoms with Crippen molar-refractivity contribution in [3.8, 4) is 0 Å². The number of allylic oxidation sites excluding steroid dienone is 4. The third kappa shape index (κ3) is 8.73. The molecule has 1 fully saturated rings. The standard InChI is InChI=1S/C21H18BrFO7.C6H10/c22-19-18(30-21(26)14-9-5-2-6-10-14)17(16(23)15(28-19)11-27-12-24)29-20(25)13-7-3-1-4-8-13;1-3-5-6-4-2/h1-10,12,15-19H,11H2;3-6H,1-2H3/b;5-3-,6-4-. The van der Waals surface area contributed by atoms with Crippen LogP contribution in [-0.2, 0) is 23.7 Å². The fraction of sp³-hybridized carbons (Fsp3) is 0.296. The van der Waals surface area contributed by atoms with Crippen LogP contribution in [0.2, 0.25) is 0 Å². The fourth-order valence-electron chi connectivity index (χ4n) is 3.13. The molecule has 0 spiro atoms. The first kappa shape index (κ1) is 28.9. The molecule has 1 aliphatic heterocycles. The van der Waals surface area contributed by atoms with Gasteiger partial charge in [0, 0.05) is 0 Å². The Kier molecular flexibility index (Phi) is 12.6. The maximum Gasteiger partial charge on any atom is 0.338 e. The van der Waals surface area contributed by atoms with E-state index in [2.05, 4.69) is 20.7 Å². The van der Waals surface area contributed by atoms with Gasteiger partial charge in [-0.15, -0.1) is 0 Å². The molecular formula is C27H28BrFO7. The lowest BCUT2D eigenvalue weighted by atomic mass is 10.0. The van der Waals surface area contributed by atoms with Crippen molar-refractivity contribution in [1.29, 1.82) is 0 Å². The zero-order valence-corrected chi connectivity index (χ0v) is 21.5. The van der Waals surface area contributed by atoms with E-state index in [-0.39, 0.29) is 17.6 Å². The number of esters is 2. The zero-order valence-electron chi connectivity index (χ0n) is 19.9. The van der Waals surface area contributed by atoms with Crippen LogP contribution in [0, 0.1) is 0 Å². The third-order valence-electron chi connectivity index (χ3n) is 4.89. The van der Waals surface area contributed by atoms with E-state index >= 15 is 4.39 Å². The smallest absolute Gasteiger partial charge is 0.338 e. The van der Waals surface area contributed by atoms with Crippen molar-refractivity contribution in [2.45, 2.75) is 43.3 Å². The molecule has 0 radical (unpaired) electrons. The minimum absolute atomic E-state index is 0.159. The number of carbonyl (C=O) groups is 3. The van der Waals surface area contributed by atoms with Crippen molar-refractivity contribution in [3.05, 3.63) is 96.1 Å². The lowest BCUT2D eigenvalue weighted by molar-refractivity contribution is -0.189. The predicted octanol–water partition coefficient (Wildman–Crippen LogP) is 5.21. The zero-order chi connectivity index (χ0) is 26.3. The molecule has 3 rings (SSSR count). The summed E-state index contributed by atoms with van der Waals surface area (Å²) in [6.07, 6.45) is 2.08. The Hall–Kier alpha value is -3.30. The fourth-order valence-corrected chi connectivity index (χ4v) is 3.82. The Bertz CT molecular complexity index is 1000. The van der Waals surface area contributed by atoms with E-state index in [0.29, 0.717) is 0 Å². The SMILES string of the molecule is C/C=C\C=C/C.O=COCC1OC(Br)C(OC(=O)c2ccccc2)C(OC(=O)c2ccccc2)C1F. The van der Waals surface area contributed by atoms with Gasteiger partial charge in [0.15, 0.2) is 23.4 Å². The molecule has 2 aromatic carbocycles. The molecule has 1 aliphatic rings. The highest BCUT2D eigenvalue weighted by Gasteiger charge is 2.50. The van der Waals surface area contributed by atoms with Gasteiger partial charge in [-0.1, -0.05) is 76.6 Å². The van der Waals surface area contributed by atoms with Crippen LogP contribution >= 0.6 is 15.9 Å². The molecule has 0 saturated carbocycles. The van der Waals surface area contributed by atoms with Gasteiger partial charge in [-0.2, -0.15) is 0 Å². The Balaban J connectivity index is 0.000000678. The van der Waals surface area contributed by atoms with Gasteiger partial charge >= 0.3 is 11.9 Å². The van der Waals surface area contributed by atoms with Crippen molar-refractivity contribution in [3.63, 3.8) is 0 Å². The van der Waals surface area contributed by atoms with Crippen LogP contribution in [-0.4, -0.2) is 54.5 Å². The van der Waals surface area contributed by atoms with Gasteiger partial charge < -0.3 is 18.9 Å². The van der Waals surface area contributed by atoms with E-state index in [9.17, 15) is 14.4 Å². The molecule has 0 N–H and O–H groups in total. The van der Waals surface area contributed by atoms with Crippen molar-refractivity contribution < 1.29 is 37.7 Å². The summed E-state index contributed by atoms with van der Waals surface area (Å²) in [5.41, 5.74) is 0.447. The monoisotopic (exact) mass is 562 g/mol. The number of halogens is 2. The second kappa shape index (κ2) is 15.6. The first-order valence-corrected chi connectivity index (χ1v) is 12.1. The summed E-state index contributed by atoms with van der Waals surface area (Å²) >= 11 is 3.20. The highest BCUT2D eigenvalue weighted by Crippen LogP contribution is 2.32. The molecular weight excluding hydrogens is 535 g/mol. The van der Waals surface area contributed by atoms with Crippen LogP contribution in [0.1, 0.15) is 34.6 Å². The molecule has 9 heteroatoms. The molecule has 2 aromatic rings. The van der Waals surface area contributed by atoms with Crippen molar-refractivity contribution in [2.75, 3.05) is 6.61 Å². The van der Waals surface area contributed by atoms with E-state index in [4.69, 9.17) is 14.2 Å². The molecule has 36 heavy (non-hydrogen) atoms. The Morgan fingerprint density at radius 1 is 0.889 bits per heavy atom. The van der Waals surface area contributed by atoms with E-state index in [0.717, 1.165) is 0 Å². The van der Waals surface area contributed by atoms with Gasteiger partial charge in [0.25, 0.3) is 6.47 Å². The van der Waals surface area contributed by atoms with Gasteiger partial charge in [0.05, 0.1) is 11.1 Å². The largest absolute Gasteiger partial charge is 0.465 e. The topological polar surface area (TPSA) is 88.1 Å². The van der Waals surface area contributed by atoms with Gasteiger partial charge in [-0.3, -0.25) is 4.79 Å². The summed E-state index contributed by atoms with van der Waals surface area (Å²) in [6.45, 7) is 3.76. The van der Waals surface area contributed by atoms with Crippen LogP contribution in [0.3, 0.4) is 0 Å². The normalized spacial score (nSPS) is 23.4. The van der Waals surface area contributed by atoms with E-state index in [1.165, 1.54) is 24.3 Å². The van der Waals surface area contributed by atoms with E-state index in [1.807, 2.05) is 38.2 Å². The highest BCUT2D eigenvalue weighted by atomic mass is 79.9. The van der Waals surface area contributed by atoms with Crippen LogP contribution in [0.4, 0.5) is 4.39 Å². The minimum atomic E-state index is -1.92. The number of alkyl halides is 2. The predicted molar refractivity (Wildman–Crippen MR) is 135 cm³/mol. The number of hydrogen-bond donors (Lipinski definition) is 0. The van der Waals surface area contributed by atoms with Crippen molar-refractivity contribution >= 4 is 34.3 Å². The number of carbonyl (C=O) groups excluding carboxylic acids is 3. The first-order valence-electron chi connectivity index (χ1n) is 11.2. The molecule has 1 heterocycles. The Morgan fingerprint density at radius 2 is 1.36 bits per heavy atom. The summed E-state index contributed by atoms with van der Waals surface area (Å²) in [5, 5.41) is -1.01. The summed E-state index contributed by atoms with van der Waals surface area (Å²) in [6, 6.07) is 16.1. The molecule has 7 nitrogen and oxygen atoms in total. The first-order chi connectivity index (χ1) is 17.4. The van der Waals surface area contributed by atoms with Crippen molar-refractivity contribution in [1.82, 2.24) is 0 Å². The van der Waals surface area contributed by atoms with Gasteiger partial charge in [0.1, 0.15) is 12.7 Å². The number of rotatable bonds is 8. The Labute approximate surface area is 218 Å². The second-order valence-electron chi connectivity index (χ2n) is 7.42. The minimum Gasteiger partial charge on any atom is -0.465 e. The van der Waals surface area contributed by atoms with E-state index < -0.39 is 48.0 Å². The lowest BCUT2D eigenvalue weighted by Gasteiger charge is -2.40. The van der Waals surface area contributed by atoms with Crippen molar-refractivity contribution in [2.24, 2.45) is 0 Å². The van der Waals surface area contributed by atoms with Gasteiger partial charge in [-0.25, -0.2) is 14.0 Å². The second-order valence-corrected chi connectivity index (χ2v) is 8.33. The Morgan fingerprint density at radius 3 is 1.81 bits per heavy atom. The molecule has 5 unspecified atom stereocenters. The average Bonchev–Trinajstić information content (AvgIpc) is 2.91. The number of benzene rings is 2. The molecule has 192 valence electrons. The summed E-state index contributed by atoms with van der Waals surface area (Å²) in [4.78, 5) is 35.5. The maximum atomic E-state index is 15.2. The molecule has 0 amide bonds. The summed E-state index contributed by atoms with van der Waals surface area (Å²) < 4.78 is 36.0. The number of hydrogen-bond acceptors (Lipinski definition) is 7. The quantitative estimate of drug-likeness (QED) is 0.143. The van der Waals surface area contributed by atoms with Crippen LogP contribution in [0.15, 0.2) is 85.0 Å². The molecule has 0 aromatic heterocycles. The number of ether oxygens (including phenoxy) is 4. The van der Waals surface area contributed by atoms with Crippen LogP contribution < -0.4 is 0 Å². The van der Waals surface area contributed by atoms with Gasteiger partial charge in [0.2, 0.25) is 0 Å².